The number of thiocarbonyl (C=S) groups is 1. The summed E-state index contributed by atoms with van der Waals surface area (Å²) in [5, 5.41) is 7.71. The molecule has 0 bridgehead atoms. The Bertz CT molecular complexity index is 271. The fraction of sp³-hybridized carbons (Fsp3) is 0.929. The van der Waals surface area contributed by atoms with Gasteiger partial charge in [0.05, 0.1) is 0 Å². The van der Waals surface area contributed by atoms with Gasteiger partial charge in [0, 0.05) is 25.8 Å². The van der Waals surface area contributed by atoms with Crippen LogP contribution < -0.4 is 10.6 Å². The van der Waals surface area contributed by atoms with Crippen molar-refractivity contribution in [1.29, 1.82) is 0 Å². The van der Waals surface area contributed by atoms with Crippen molar-refractivity contribution in [3.63, 3.8) is 0 Å². The van der Waals surface area contributed by atoms with Gasteiger partial charge in [-0.1, -0.05) is 26.2 Å². The van der Waals surface area contributed by atoms with Gasteiger partial charge in [-0.15, -0.1) is 0 Å². The first kappa shape index (κ1) is 14.1. The van der Waals surface area contributed by atoms with Crippen LogP contribution in [0.2, 0.25) is 0 Å². The normalized spacial score (nSPS) is 24.5. The van der Waals surface area contributed by atoms with Gasteiger partial charge in [0.1, 0.15) is 0 Å². The van der Waals surface area contributed by atoms with Crippen LogP contribution in [0.1, 0.15) is 51.9 Å². The summed E-state index contributed by atoms with van der Waals surface area (Å²) >= 11 is 5.40. The van der Waals surface area contributed by atoms with E-state index in [0.29, 0.717) is 11.5 Å². The van der Waals surface area contributed by atoms with E-state index in [1.54, 1.807) is 0 Å². The van der Waals surface area contributed by atoms with Crippen LogP contribution in [0.5, 0.6) is 0 Å². The fourth-order valence-electron chi connectivity index (χ4n) is 2.82. The average Bonchev–Trinajstić information content (AvgIpc) is 2.39. The predicted octanol–water partition coefficient (Wildman–Crippen LogP) is 2.60. The second kappa shape index (κ2) is 6.71. The zero-order chi connectivity index (χ0) is 12.8. The lowest BCUT2D eigenvalue weighted by atomic mass is 9.82. The highest BCUT2D eigenvalue weighted by atomic mass is 32.1. The highest BCUT2D eigenvalue weighted by Crippen LogP contribution is 2.28. The number of ether oxygens (including phenoxy) is 1. The van der Waals surface area contributed by atoms with Crippen molar-refractivity contribution >= 4 is 17.3 Å². The number of nitrogens with one attached hydrogen (secondary N) is 2. The smallest absolute Gasteiger partial charge is 0.166 e. The molecule has 1 aliphatic carbocycles. The quantitative estimate of drug-likeness (QED) is 0.772. The van der Waals surface area contributed by atoms with Crippen LogP contribution in [-0.2, 0) is 4.74 Å². The molecule has 0 radical (unpaired) electrons. The highest BCUT2D eigenvalue weighted by Gasteiger charge is 2.27. The van der Waals surface area contributed by atoms with Crippen LogP contribution in [0.15, 0.2) is 0 Å². The number of rotatable bonds is 3. The molecule has 0 aromatic rings. The Hall–Kier alpha value is -0.350. The molecule has 0 aromatic carbocycles. The summed E-state index contributed by atoms with van der Waals surface area (Å²) in [6, 6.07) is 0.598. The highest BCUT2D eigenvalue weighted by molar-refractivity contribution is 7.80. The molecular formula is C14H26N2OS. The van der Waals surface area contributed by atoms with Crippen LogP contribution >= 0.6 is 12.2 Å². The molecule has 0 atom stereocenters. The Kier molecular flexibility index (Phi) is 5.25. The Morgan fingerprint density at radius 1 is 1.22 bits per heavy atom. The van der Waals surface area contributed by atoms with Crippen LogP contribution in [0.4, 0.5) is 0 Å². The standard InChI is InChI=1S/C14H26N2OS/c1-14(7-9-17-10-8-14)11-15-13(18)16-12-5-3-2-4-6-12/h12H,2-11H2,1H3,(H2,15,16,18). The van der Waals surface area contributed by atoms with E-state index < -0.39 is 0 Å². The van der Waals surface area contributed by atoms with E-state index in [1.165, 1.54) is 32.1 Å². The maximum atomic E-state index is 5.42. The molecule has 2 fully saturated rings. The number of hydrogen-bond donors (Lipinski definition) is 2. The molecule has 4 heteroatoms. The second-order valence-electron chi connectivity index (χ2n) is 6.08. The van der Waals surface area contributed by atoms with Crippen molar-refractivity contribution in [1.82, 2.24) is 10.6 Å². The fourth-order valence-corrected chi connectivity index (χ4v) is 3.06. The molecule has 0 spiro atoms. The van der Waals surface area contributed by atoms with E-state index in [0.717, 1.165) is 37.7 Å². The van der Waals surface area contributed by atoms with Crippen LogP contribution in [-0.4, -0.2) is 30.9 Å². The molecule has 2 aliphatic rings. The van der Waals surface area contributed by atoms with Gasteiger partial charge in [0.25, 0.3) is 0 Å². The summed E-state index contributed by atoms with van der Waals surface area (Å²) in [5.41, 5.74) is 0.344. The predicted molar refractivity (Wildman–Crippen MR) is 78.8 cm³/mol. The van der Waals surface area contributed by atoms with E-state index in [2.05, 4.69) is 17.6 Å². The third-order valence-corrected chi connectivity index (χ3v) is 4.58. The molecular weight excluding hydrogens is 244 g/mol. The van der Waals surface area contributed by atoms with Crippen molar-refractivity contribution in [3.8, 4) is 0 Å². The van der Waals surface area contributed by atoms with Gasteiger partial charge in [0.15, 0.2) is 5.11 Å². The molecule has 3 nitrogen and oxygen atoms in total. The van der Waals surface area contributed by atoms with Crippen LogP contribution in [0, 0.1) is 5.41 Å². The number of hydrogen-bond acceptors (Lipinski definition) is 2. The minimum Gasteiger partial charge on any atom is -0.381 e. The van der Waals surface area contributed by atoms with E-state index >= 15 is 0 Å². The first-order chi connectivity index (χ1) is 8.68. The zero-order valence-electron chi connectivity index (χ0n) is 11.5. The van der Waals surface area contributed by atoms with Gasteiger partial charge in [-0.05, 0) is 43.3 Å². The summed E-state index contributed by atoms with van der Waals surface area (Å²) < 4.78 is 5.42. The van der Waals surface area contributed by atoms with Crippen molar-refractivity contribution in [2.75, 3.05) is 19.8 Å². The largest absolute Gasteiger partial charge is 0.381 e. The Labute approximate surface area is 116 Å². The monoisotopic (exact) mass is 270 g/mol. The molecule has 0 aromatic heterocycles. The van der Waals surface area contributed by atoms with Gasteiger partial charge < -0.3 is 15.4 Å². The molecule has 2 rings (SSSR count). The Morgan fingerprint density at radius 3 is 2.56 bits per heavy atom. The summed E-state index contributed by atoms with van der Waals surface area (Å²) in [6.07, 6.45) is 8.87. The maximum absolute atomic E-state index is 5.42. The van der Waals surface area contributed by atoms with Crippen molar-refractivity contribution in [2.45, 2.75) is 57.9 Å². The first-order valence-electron chi connectivity index (χ1n) is 7.30. The Morgan fingerprint density at radius 2 is 1.89 bits per heavy atom. The third-order valence-electron chi connectivity index (χ3n) is 4.32. The Balaban J connectivity index is 1.67. The summed E-state index contributed by atoms with van der Waals surface area (Å²) in [7, 11) is 0. The average molecular weight is 270 g/mol. The summed E-state index contributed by atoms with van der Waals surface area (Å²) in [6.45, 7) is 5.07. The zero-order valence-corrected chi connectivity index (χ0v) is 12.3. The lowest BCUT2D eigenvalue weighted by Crippen LogP contribution is -2.47. The molecule has 1 saturated carbocycles. The van der Waals surface area contributed by atoms with Crippen molar-refractivity contribution < 1.29 is 4.74 Å². The van der Waals surface area contributed by atoms with Gasteiger partial charge in [0.2, 0.25) is 0 Å². The van der Waals surface area contributed by atoms with Crippen LogP contribution in [0.25, 0.3) is 0 Å². The molecule has 1 aliphatic heterocycles. The molecule has 2 N–H and O–H groups in total. The molecule has 0 unspecified atom stereocenters. The van der Waals surface area contributed by atoms with E-state index in [-0.39, 0.29) is 0 Å². The van der Waals surface area contributed by atoms with Crippen molar-refractivity contribution in [2.24, 2.45) is 5.41 Å². The minimum absolute atomic E-state index is 0.344. The lowest BCUT2D eigenvalue weighted by Gasteiger charge is -2.34. The summed E-state index contributed by atoms with van der Waals surface area (Å²) in [5.74, 6) is 0. The van der Waals surface area contributed by atoms with Gasteiger partial charge in [-0.25, -0.2) is 0 Å². The lowest BCUT2D eigenvalue weighted by molar-refractivity contribution is 0.0261. The molecule has 104 valence electrons. The second-order valence-corrected chi connectivity index (χ2v) is 6.49. The minimum atomic E-state index is 0.344. The topological polar surface area (TPSA) is 33.3 Å². The SMILES string of the molecule is CC1(CNC(=S)NC2CCCCC2)CCOCC1. The maximum Gasteiger partial charge on any atom is 0.166 e. The molecule has 1 saturated heterocycles. The van der Waals surface area contributed by atoms with E-state index in [1.807, 2.05) is 0 Å². The van der Waals surface area contributed by atoms with Crippen LogP contribution in [0.3, 0.4) is 0 Å². The third kappa shape index (κ3) is 4.39. The summed E-state index contributed by atoms with van der Waals surface area (Å²) in [4.78, 5) is 0. The van der Waals surface area contributed by atoms with Gasteiger partial charge >= 0.3 is 0 Å². The van der Waals surface area contributed by atoms with Gasteiger partial charge in [-0.3, -0.25) is 0 Å². The van der Waals surface area contributed by atoms with E-state index in [9.17, 15) is 0 Å². The first-order valence-corrected chi connectivity index (χ1v) is 7.71. The van der Waals surface area contributed by atoms with Crippen molar-refractivity contribution in [3.05, 3.63) is 0 Å². The van der Waals surface area contributed by atoms with Gasteiger partial charge in [-0.2, -0.15) is 0 Å². The molecule has 0 amide bonds. The molecule has 18 heavy (non-hydrogen) atoms. The van der Waals surface area contributed by atoms with E-state index in [4.69, 9.17) is 17.0 Å². The molecule has 1 heterocycles.